The molecule has 130 valence electrons. The van der Waals surface area contributed by atoms with Crippen molar-refractivity contribution in [3.63, 3.8) is 0 Å². The van der Waals surface area contributed by atoms with Gasteiger partial charge in [-0.3, -0.25) is 4.79 Å². The number of amides is 1. The normalized spacial score (nSPS) is 17.3. The molecule has 1 amide bonds. The lowest BCUT2D eigenvalue weighted by molar-refractivity contribution is 0.0952. The summed E-state index contributed by atoms with van der Waals surface area (Å²) in [5.41, 5.74) is 0. The molecule has 1 fully saturated rings. The second-order valence-electron chi connectivity index (χ2n) is 5.81. The summed E-state index contributed by atoms with van der Waals surface area (Å²) < 4.78 is 31.9. The van der Waals surface area contributed by atoms with E-state index < -0.39 is 10.0 Å². The van der Waals surface area contributed by atoms with Crippen molar-refractivity contribution in [3.8, 4) is 0 Å². The third-order valence-electron chi connectivity index (χ3n) is 3.95. The zero-order chi connectivity index (χ0) is 16.9. The van der Waals surface area contributed by atoms with Crippen LogP contribution in [0.15, 0.2) is 16.3 Å². The number of carbonyl (C=O) groups excluding carboxylic acids is 1. The van der Waals surface area contributed by atoms with Crippen LogP contribution in [-0.4, -0.2) is 52.0 Å². The molecule has 0 atom stereocenters. The van der Waals surface area contributed by atoms with E-state index in [2.05, 4.69) is 12.2 Å². The lowest BCUT2D eigenvalue weighted by Gasteiger charge is -2.28. The van der Waals surface area contributed by atoms with Crippen LogP contribution >= 0.6 is 11.3 Å². The predicted molar refractivity (Wildman–Crippen MR) is 90.3 cm³/mol. The van der Waals surface area contributed by atoms with Gasteiger partial charge in [0.15, 0.2) is 0 Å². The Morgan fingerprint density at radius 2 is 2.09 bits per heavy atom. The standard InChI is InChI=1S/C15H24N2O4S2/c1-12-6-9-17(10-7-12)23(19,20)14-5-4-13(22-14)15(18)16-8-3-11-21-2/h4-5,12H,3,6-11H2,1-2H3,(H,16,18). The molecule has 0 radical (unpaired) electrons. The molecule has 1 aromatic heterocycles. The number of ether oxygens (including phenoxy) is 1. The highest BCUT2D eigenvalue weighted by Crippen LogP contribution is 2.28. The summed E-state index contributed by atoms with van der Waals surface area (Å²) >= 11 is 1.03. The van der Waals surface area contributed by atoms with Gasteiger partial charge in [0.2, 0.25) is 0 Å². The Balaban J connectivity index is 1.99. The van der Waals surface area contributed by atoms with Crippen LogP contribution < -0.4 is 5.32 Å². The van der Waals surface area contributed by atoms with Crippen molar-refractivity contribution >= 4 is 27.3 Å². The molecule has 8 heteroatoms. The van der Waals surface area contributed by atoms with Crippen LogP contribution in [0.5, 0.6) is 0 Å². The van der Waals surface area contributed by atoms with Crippen LogP contribution in [0.3, 0.4) is 0 Å². The molecule has 1 aliphatic rings. The van der Waals surface area contributed by atoms with E-state index in [1.165, 1.54) is 10.4 Å². The fourth-order valence-corrected chi connectivity index (χ4v) is 5.29. The SMILES string of the molecule is COCCCNC(=O)c1ccc(S(=O)(=O)N2CCC(C)CC2)s1. The molecule has 2 rings (SSSR count). The van der Waals surface area contributed by atoms with Gasteiger partial charge in [-0.05, 0) is 37.3 Å². The Labute approximate surface area is 141 Å². The number of hydrogen-bond donors (Lipinski definition) is 1. The predicted octanol–water partition coefficient (Wildman–Crippen LogP) is 1.93. The van der Waals surface area contributed by atoms with Crippen LogP contribution in [-0.2, 0) is 14.8 Å². The van der Waals surface area contributed by atoms with Crippen LogP contribution in [0, 0.1) is 5.92 Å². The Hall–Kier alpha value is -0.960. The zero-order valence-electron chi connectivity index (χ0n) is 13.6. The first-order valence-corrected chi connectivity index (χ1v) is 10.1. The number of methoxy groups -OCH3 is 1. The molecule has 6 nitrogen and oxygen atoms in total. The summed E-state index contributed by atoms with van der Waals surface area (Å²) in [4.78, 5) is 12.4. The maximum atomic E-state index is 12.6. The minimum atomic E-state index is -3.48. The number of nitrogens with one attached hydrogen (secondary N) is 1. The van der Waals surface area contributed by atoms with Crippen LogP contribution in [0.25, 0.3) is 0 Å². The van der Waals surface area contributed by atoms with Crippen LogP contribution in [0.1, 0.15) is 35.9 Å². The maximum absolute atomic E-state index is 12.6. The van der Waals surface area contributed by atoms with Crippen molar-refractivity contribution in [2.45, 2.75) is 30.4 Å². The molecule has 0 unspecified atom stereocenters. The van der Waals surface area contributed by atoms with Crippen molar-refractivity contribution in [3.05, 3.63) is 17.0 Å². The number of rotatable bonds is 7. The highest BCUT2D eigenvalue weighted by atomic mass is 32.2. The van der Waals surface area contributed by atoms with Gasteiger partial charge in [0, 0.05) is 33.4 Å². The number of carbonyl (C=O) groups is 1. The first-order valence-electron chi connectivity index (χ1n) is 7.82. The number of piperidine rings is 1. The quantitative estimate of drug-likeness (QED) is 0.754. The Morgan fingerprint density at radius 3 is 2.74 bits per heavy atom. The zero-order valence-corrected chi connectivity index (χ0v) is 15.2. The minimum absolute atomic E-state index is 0.236. The van der Waals surface area contributed by atoms with Gasteiger partial charge in [0.1, 0.15) is 4.21 Å². The van der Waals surface area contributed by atoms with Gasteiger partial charge in [-0.2, -0.15) is 4.31 Å². The molecule has 0 bridgehead atoms. The fraction of sp³-hybridized carbons (Fsp3) is 0.667. The molecule has 2 heterocycles. The first-order chi connectivity index (χ1) is 10.9. The van der Waals surface area contributed by atoms with E-state index in [1.54, 1.807) is 13.2 Å². The van der Waals surface area contributed by atoms with Crippen molar-refractivity contribution < 1.29 is 17.9 Å². The van der Waals surface area contributed by atoms with E-state index in [1.807, 2.05) is 0 Å². The Bertz CT molecular complexity index is 619. The molecule has 0 saturated carbocycles. The van der Waals surface area contributed by atoms with E-state index in [-0.39, 0.29) is 10.1 Å². The molecule has 0 aliphatic carbocycles. The van der Waals surface area contributed by atoms with E-state index >= 15 is 0 Å². The molecular weight excluding hydrogens is 336 g/mol. The van der Waals surface area contributed by atoms with Crippen LogP contribution in [0.2, 0.25) is 0 Å². The fourth-order valence-electron chi connectivity index (χ4n) is 2.44. The molecule has 0 spiro atoms. The lowest BCUT2D eigenvalue weighted by Crippen LogP contribution is -2.37. The van der Waals surface area contributed by atoms with Gasteiger partial charge in [0.05, 0.1) is 4.88 Å². The van der Waals surface area contributed by atoms with Gasteiger partial charge < -0.3 is 10.1 Å². The lowest BCUT2D eigenvalue weighted by atomic mass is 10.0. The summed E-state index contributed by atoms with van der Waals surface area (Å²) in [7, 11) is -1.86. The van der Waals surface area contributed by atoms with Crippen molar-refractivity contribution in [2.75, 3.05) is 33.4 Å². The van der Waals surface area contributed by atoms with Crippen molar-refractivity contribution in [2.24, 2.45) is 5.92 Å². The molecule has 0 aromatic carbocycles. The smallest absolute Gasteiger partial charge is 0.261 e. The topological polar surface area (TPSA) is 75.7 Å². The van der Waals surface area contributed by atoms with E-state index in [9.17, 15) is 13.2 Å². The largest absolute Gasteiger partial charge is 0.385 e. The number of thiophene rings is 1. The third kappa shape index (κ3) is 4.76. The van der Waals surface area contributed by atoms with Crippen molar-refractivity contribution in [1.29, 1.82) is 0 Å². The summed E-state index contributed by atoms with van der Waals surface area (Å²) in [6, 6.07) is 3.11. The highest BCUT2D eigenvalue weighted by molar-refractivity contribution is 7.91. The Kier molecular flexibility index (Phi) is 6.58. The van der Waals surface area contributed by atoms with Gasteiger partial charge in [-0.15, -0.1) is 11.3 Å². The number of nitrogens with zero attached hydrogens (tertiary/aromatic N) is 1. The van der Waals surface area contributed by atoms with E-state index in [0.717, 1.165) is 30.6 Å². The summed E-state index contributed by atoms with van der Waals surface area (Å²) in [6.45, 7) is 4.34. The second kappa shape index (κ2) is 8.23. The van der Waals surface area contributed by atoms with Crippen LogP contribution in [0.4, 0.5) is 0 Å². The molecule has 1 saturated heterocycles. The van der Waals surface area contributed by atoms with E-state index in [0.29, 0.717) is 37.0 Å². The molecular formula is C15H24N2O4S2. The van der Waals surface area contributed by atoms with Gasteiger partial charge in [-0.1, -0.05) is 6.92 Å². The molecule has 1 aromatic rings. The number of hydrogen-bond acceptors (Lipinski definition) is 5. The maximum Gasteiger partial charge on any atom is 0.261 e. The average Bonchev–Trinajstić information content (AvgIpc) is 3.02. The second-order valence-corrected chi connectivity index (χ2v) is 9.06. The van der Waals surface area contributed by atoms with Gasteiger partial charge >= 0.3 is 0 Å². The monoisotopic (exact) mass is 360 g/mol. The molecule has 23 heavy (non-hydrogen) atoms. The summed E-state index contributed by atoms with van der Waals surface area (Å²) in [6.07, 6.45) is 2.50. The van der Waals surface area contributed by atoms with Gasteiger partial charge in [0.25, 0.3) is 15.9 Å². The minimum Gasteiger partial charge on any atom is -0.385 e. The third-order valence-corrected chi connectivity index (χ3v) is 7.40. The highest BCUT2D eigenvalue weighted by Gasteiger charge is 2.29. The summed E-state index contributed by atoms with van der Waals surface area (Å²) in [5.74, 6) is 0.332. The number of sulfonamides is 1. The average molecular weight is 361 g/mol. The summed E-state index contributed by atoms with van der Waals surface area (Å²) in [5, 5.41) is 2.77. The van der Waals surface area contributed by atoms with Gasteiger partial charge in [-0.25, -0.2) is 8.42 Å². The first kappa shape index (κ1) is 18.4. The molecule has 1 aliphatic heterocycles. The molecule has 1 N–H and O–H groups in total. The van der Waals surface area contributed by atoms with Crippen molar-refractivity contribution in [1.82, 2.24) is 9.62 Å². The Morgan fingerprint density at radius 1 is 1.39 bits per heavy atom. The van der Waals surface area contributed by atoms with E-state index in [4.69, 9.17) is 4.74 Å².